The molecule has 1 N–H and O–H groups in total. The summed E-state index contributed by atoms with van der Waals surface area (Å²) in [5, 5.41) is 3.40. The molecule has 2 aliphatic rings. The molecule has 0 unspecified atom stereocenters. The summed E-state index contributed by atoms with van der Waals surface area (Å²) in [6.07, 6.45) is 3.93. The van der Waals surface area contributed by atoms with Crippen molar-refractivity contribution in [2.45, 2.75) is 38.6 Å². The Hall–Kier alpha value is -2.38. The molecule has 8 heteroatoms. The Labute approximate surface area is 147 Å². The number of ether oxygens (including phenoxy) is 1. The Bertz CT molecular complexity index is 637. The van der Waals surface area contributed by atoms with Crippen molar-refractivity contribution in [2.75, 3.05) is 43.5 Å². The maximum atomic E-state index is 11.9. The van der Waals surface area contributed by atoms with Crippen molar-refractivity contribution in [3.8, 4) is 0 Å². The van der Waals surface area contributed by atoms with E-state index in [0.717, 1.165) is 51.9 Å². The third-order valence-electron chi connectivity index (χ3n) is 4.79. The zero-order valence-electron chi connectivity index (χ0n) is 14.8. The first kappa shape index (κ1) is 17.4. The maximum absolute atomic E-state index is 11.9. The van der Waals surface area contributed by atoms with E-state index >= 15 is 0 Å². The van der Waals surface area contributed by atoms with E-state index < -0.39 is 5.97 Å². The summed E-state index contributed by atoms with van der Waals surface area (Å²) in [5.41, 5.74) is 0.267. The normalized spacial score (nSPS) is 18.3. The van der Waals surface area contributed by atoms with Gasteiger partial charge in [0.1, 0.15) is 5.82 Å². The van der Waals surface area contributed by atoms with Crippen LogP contribution < -0.4 is 10.2 Å². The van der Waals surface area contributed by atoms with Crippen molar-refractivity contribution in [1.82, 2.24) is 14.9 Å². The molecule has 3 heterocycles. The molecule has 3 rings (SSSR count). The number of carbonyl (C=O) groups is 2. The molecule has 1 amide bonds. The lowest BCUT2D eigenvalue weighted by Gasteiger charge is -2.32. The average Bonchev–Trinajstić information content (AvgIpc) is 3.16. The number of rotatable bonds is 4. The predicted octanol–water partition coefficient (Wildman–Crippen LogP) is 1.29. The fourth-order valence-corrected chi connectivity index (χ4v) is 3.32. The molecule has 0 spiro atoms. The first-order chi connectivity index (χ1) is 12.1. The quantitative estimate of drug-likeness (QED) is 0.821. The van der Waals surface area contributed by atoms with E-state index in [1.807, 2.05) is 4.90 Å². The highest BCUT2D eigenvalue weighted by Gasteiger charge is 2.23. The van der Waals surface area contributed by atoms with Gasteiger partial charge in [0.05, 0.1) is 7.11 Å². The molecule has 1 aromatic heterocycles. The highest BCUT2D eigenvalue weighted by molar-refractivity contribution is 5.88. The van der Waals surface area contributed by atoms with E-state index in [1.54, 1.807) is 13.0 Å². The van der Waals surface area contributed by atoms with Gasteiger partial charge in [0, 0.05) is 45.2 Å². The fraction of sp³-hybridized carbons (Fsp3) is 0.647. The van der Waals surface area contributed by atoms with Gasteiger partial charge in [-0.2, -0.15) is 4.98 Å². The Morgan fingerprint density at radius 2 is 1.84 bits per heavy atom. The monoisotopic (exact) mass is 347 g/mol. The molecule has 0 saturated carbocycles. The third-order valence-corrected chi connectivity index (χ3v) is 4.79. The lowest BCUT2D eigenvalue weighted by atomic mass is 10.1. The second-order valence-electron chi connectivity index (χ2n) is 6.55. The van der Waals surface area contributed by atoms with Crippen molar-refractivity contribution in [3.63, 3.8) is 0 Å². The second kappa shape index (κ2) is 7.67. The number of piperidine rings is 1. The van der Waals surface area contributed by atoms with Gasteiger partial charge in [-0.05, 0) is 25.7 Å². The molecule has 0 aromatic carbocycles. The standard InChI is InChI=1S/C17H25N5O3/c1-12(23)21-9-5-13(6-10-21)18-15-11-14(16(24)25-2)19-17(20-15)22-7-3-4-8-22/h11,13H,3-10H2,1-2H3,(H,18,19,20). The molecule has 25 heavy (non-hydrogen) atoms. The molecule has 2 aliphatic heterocycles. The summed E-state index contributed by atoms with van der Waals surface area (Å²) < 4.78 is 4.82. The summed E-state index contributed by atoms with van der Waals surface area (Å²) in [4.78, 5) is 36.3. The van der Waals surface area contributed by atoms with E-state index in [1.165, 1.54) is 7.11 Å². The van der Waals surface area contributed by atoms with Gasteiger partial charge in [0.25, 0.3) is 0 Å². The van der Waals surface area contributed by atoms with E-state index in [0.29, 0.717) is 11.8 Å². The van der Waals surface area contributed by atoms with E-state index in [4.69, 9.17) is 4.74 Å². The number of amides is 1. The Morgan fingerprint density at radius 1 is 1.16 bits per heavy atom. The number of esters is 1. The SMILES string of the molecule is COC(=O)c1cc(NC2CCN(C(C)=O)CC2)nc(N2CCCC2)n1. The first-order valence-electron chi connectivity index (χ1n) is 8.81. The summed E-state index contributed by atoms with van der Waals surface area (Å²) >= 11 is 0. The molecule has 1 aromatic rings. The van der Waals surface area contributed by atoms with Crippen LogP contribution >= 0.6 is 0 Å². The number of anilines is 2. The van der Waals surface area contributed by atoms with Crippen LogP contribution in [0.5, 0.6) is 0 Å². The smallest absolute Gasteiger partial charge is 0.356 e. The van der Waals surface area contributed by atoms with Gasteiger partial charge < -0.3 is 19.9 Å². The van der Waals surface area contributed by atoms with Crippen molar-refractivity contribution in [1.29, 1.82) is 0 Å². The largest absolute Gasteiger partial charge is 0.464 e. The number of likely N-dealkylation sites (tertiary alicyclic amines) is 1. The van der Waals surface area contributed by atoms with Gasteiger partial charge in [0.15, 0.2) is 5.69 Å². The molecule has 8 nitrogen and oxygen atoms in total. The number of nitrogens with zero attached hydrogens (tertiary/aromatic N) is 4. The molecule has 2 saturated heterocycles. The van der Waals surface area contributed by atoms with Crippen LogP contribution in [0.1, 0.15) is 43.1 Å². The highest BCUT2D eigenvalue weighted by atomic mass is 16.5. The summed E-state index contributed by atoms with van der Waals surface area (Å²) in [6, 6.07) is 1.87. The van der Waals surface area contributed by atoms with Gasteiger partial charge in [-0.15, -0.1) is 0 Å². The van der Waals surface area contributed by atoms with E-state index in [-0.39, 0.29) is 17.6 Å². The maximum Gasteiger partial charge on any atom is 0.356 e. The van der Waals surface area contributed by atoms with Crippen molar-refractivity contribution in [3.05, 3.63) is 11.8 Å². The van der Waals surface area contributed by atoms with Crippen LogP contribution in [-0.4, -0.2) is 66.1 Å². The molecule has 136 valence electrons. The summed E-state index contributed by atoms with van der Waals surface area (Å²) in [7, 11) is 1.35. The second-order valence-corrected chi connectivity index (χ2v) is 6.55. The molecule has 0 bridgehead atoms. The number of carbonyl (C=O) groups excluding carboxylic acids is 2. The molecule has 0 atom stereocenters. The highest BCUT2D eigenvalue weighted by Crippen LogP contribution is 2.21. The number of hydrogen-bond acceptors (Lipinski definition) is 7. The molecule has 0 aliphatic carbocycles. The Balaban J connectivity index is 1.74. The average molecular weight is 347 g/mol. The minimum absolute atomic E-state index is 0.116. The van der Waals surface area contributed by atoms with E-state index in [2.05, 4.69) is 20.2 Å². The number of nitrogens with one attached hydrogen (secondary N) is 1. The van der Waals surface area contributed by atoms with Crippen LogP contribution in [0.3, 0.4) is 0 Å². The van der Waals surface area contributed by atoms with Gasteiger partial charge in [-0.3, -0.25) is 4.79 Å². The van der Waals surface area contributed by atoms with Gasteiger partial charge in [0.2, 0.25) is 11.9 Å². The van der Waals surface area contributed by atoms with Crippen LogP contribution in [0, 0.1) is 0 Å². The van der Waals surface area contributed by atoms with Gasteiger partial charge in [-0.1, -0.05) is 0 Å². The van der Waals surface area contributed by atoms with Crippen molar-refractivity contribution < 1.29 is 14.3 Å². The zero-order valence-corrected chi connectivity index (χ0v) is 14.8. The van der Waals surface area contributed by atoms with Gasteiger partial charge in [-0.25, -0.2) is 9.78 Å². The first-order valence-corrected chi connectivity index (χ1v) is 8.81. The predicted molar refractivity (Wildman–Crippen MR) is 93.7 cm³/mol. The van der Waals surface area contributed by atoms with Gasteiger partial charge >= 0.3 is 5.97 Å². The lowest BCUT2D eigenvalue weighted by Crippen LogP contribution is -2.41. The summed E-state index contributed by atoms with van der Waals surface area (Å²) in [5.74, 6) is 0.865. The molecular weight excluding hydrogens is 322 g/mol. The topological polar surface area (TPSA) is 87.7 Å². The van der Waals surface area contributed by atoms with E-state index in [9.17, 15) is 9.59 Å². The molecular formula is C17H25N5O3. The fourth-order valence-electron chi connectivity index (χ4n) is 3.32. The Kier molecular flexibility index (Phi) is 5.35. The number of aromatic nitrogens is 2. The Morgan fingerprint density at radius 3 is 2.44 bits per heavy atom. The zero-order chi connectivity index (χ0) is 17.8. The molecule has 0 radical (unpaired) electrons. The minimum atomic E-state index is -0.461. The van der Waals surface area contributed by atoms with Crippen LogP contribution in [0.15, 0.2) is 6.07 Å². The van der Waals surface area contributed by atoms with Crippen molar-refractivity contribution >= 4 is 23.6 Å². The minimum Gasteiger partial charge on any atom is -0.464 e. The van der Waals surface area contributed by atoms with Crippen molar-refractivity contribution in [2.24, 2.45) is 0 Å². The van der Waals surface area contributed by atoms with Crippen LogP contribution in [0.2, 0.25) is 0 Å². The molecule has 2 fully saturated rings. The number of hydrogen-bond donors (Lipinski definition) is 1. The lowest BCUT2D eigenvalue weighted by molar-refractivity contribution is -0.129. The van der Waals surface area contributed by atoms with Crippen LogP contribution in [-0.2, 0) is 9.53 Å². The third kappa shape index (κ3) is 4.18. The van der Waals surface area contributed by atoms with Crippen LogP contribution in [0.25, 0.3) is 0 Å². The van der Waals surface area contributed by atoms with Crippen LogP contribution in [0.4, 0.5) is 11.8 Å². The summed E-state index contributed by atoms with van der Waals surface area (Å²) in [6.45, 7) is 4.88. The number of methoxy groups -OCH3 is 1.